The summed E-state index contributed by atoms with van der Waals surface area (Å²) < 4.78 is 5.34. The van der Waals surface area contributed by atoms with Gasteiger partial charge >= 0.3 is 5.97 Å². The number of hydrogen-bond acceptors (Lipinski definition) is 5. The molecule has 1 aliphatic rings. The summed E-state index contributed by atoms with van der Waals surface area (Å²) in [5.41, 5.74) is 6.27. The molecule has 1 heterocycles. The molecule has 0 aliphatic carbocycles. The molecule has 0 saturated heterocycles. The van der Waals surface area contributed by atoms with E-state index in [2.05, 4.69) is 57.2 Å². The zero-order chi connectivity index (χ0) is 23.8. The number of nitrogens with zero attached hydrogens (tertiary/aromatic N) is 2. The van der Waals surface area contributed by atoms with Crippen LogP contribution < -0.4 is 4.90 Å². The van der Waals surface area contributed by atoms with Crippen molar-refractivity contribution in [2.45, 2.75) is 45.6 Å². The summed E-state index contributed by atoms with van der Waals surface area (Å²) in [5, 5.41) is 11.1. The smallest absolute Gasteiger partial charge is 0.329 e. The fraction of sp³-hybridized carbons (Fsp3) is 0.296. The molecule has 1 unspecified atom stereocenters. The van der Waals surface area contributed by atoms with Gasteiger partial charge in [0.05, 0.1) is 11.5 Å². The van der Waals surface area contributed by atoms with Gasteiger partial charge in [0.1, 0.15) is 6.04 Å². The minimum atomic E-state index is -0.514. The van der Waals surface area contributed by atoms with Crippen LogP contribution in [0.4, 0.5) is 17.1 Å². The number of esters is 1. The van der Waals surface area contributed by atoms with Gasteiger partial charge in [0, 0.05) is 29.9 Å². The van der Waals surface area contributed by atoms with E-state index in [9.17, 15) is 14.9 Å². The van der Waals surface area contributed by atoms with Gasteiger partial charge in [0.15, 0.2) is 0 Å². The van der Waals surface area contributed by atoms with Gasteiger partial charge < -0.3 is 9.64 Å². The minimum Gasteiger partial charge on any atom is -0.464 e. The number of fused-ring (bicyclic) bond motifs is 1. The Labute approximate surface area is 194 Å². The van der Waals surface area contributed by atoms with E-state index in [4.69, 9.17) is 4.74 Å². The van der Waals surface area contributed by atoms with Crippen LogP contribution in [0.5, 0.6) is 0 Å². The SMILES string of the molecule is CCOC(=O)C1Cc2cc(-c3ccc(C(C)(C)C)cc3)ccc2N1c1ccc([N+](=O)[O-])cc1. The quantitative estimate of drug-likeness (QED) is 0.267. The van der Waals surface area contributed by atoms with Gasteiger partial charge in [-0.25, -0.2) is 4.79 Å². The van der Waals surface area contributed by atoms with Gasteiger partial charge in [-0.3, -0.25) is 10.1 Å². The molecule has 3 aromatic carbocycles. The van der Waals surface area contributed by atoms with Crippen LogP contribution in [0.3, 0.4) is 0 Å². The van der Waals surface area contributed by atoms with Crippen molar-refractivity contribution in [2.75, 3.05) is 11.5 Å². The fourth-order valence-electron chi connectivity index (χ4n) is 4.27. The highest BCUT2D eigenvalue weighted by molar-refractivity contribution is 5.89. The Hall–Kier alpha value is -3.67. The van der Waals surface area contributed by atoms with Crippen LogP contribution >= 0.6 is 0 Å². The average Bonchev–Trinajstić information content (AvgIpc) is 3.17. The Kier molecular flexibility index (Phi) is 5.93. The molecular weight excluding hydrogens is 416 g/mol. The molecule has 6 heteroatoms. The molecule has 0 spiro atoms. The molecule has 3 aromatic rings. The number of nitro benzene ring substituents is 1. The van der Waals surface area contributed by atoms with Crippen LogP contribution in [0.25, 0.3) is 11.1 Å². The molecule has 0 saturated carbocycles. The number of nitro groups is 1. The van der Waals surface area contributed by atoms with Gasteiger partial charge in [-0.1, -0.05) is 51.1 Å². The lowest BCUT2D eigenvalue weighted by Gasteiger charge is -2.26. The third kappa shape index (κ3) is 4.46. The Balaban J connectivity index is 1.71. The molecule has 6 nitrogen and oxygen atoms in total. The van der Waals surface area contributed by atoms with Crippen molar-refractivity contribution in [2.24, 2.45) is 0 Å². The van der Waals surface area contributed by atoms with Crippen LogP contribution in [-0.2, 0) is 21.4 Å². The van der Waals surface area contributed by atoms with Crippen molar-refractivity contribution >= 4 is 23.0 Å². The second-order valence-electron chi connectivity index (χ2n) is 9.29. The molecular formula is C27H28N2O4. The number of anilines is 2. The topological polar surface area (TPSA) is 72.7 Å². The van der Waals surface area contributed by atoms with Gasteiger partial charge in [-0.15, -0.1) is 0 Å². The summed E-state index contributed by atoms with van der Waals surface area (Å²) >= 11 is 0. The lowest BCUT2D eigenvalue weighted by molar-refractivity contribution is -0.384. The predicted molar refractivity (Wildman–Crippen MR) is 130 cm³/mol. The van der Waals surface area contributed by atoms with Crippen molar-refractivity contribution in [1.29, 1.82) is 0 Å². The molecule has 0 aromatic heterocycles. The summed E-state index contributed by atoms with van der Waals surface area (Å²) in [7, 11) is 0. The first-order valence-electron chi connectivity index (χ1n) is 11.1. The third-order valence-corrected chi connectivity index (χ3v) is 6.05. The van der Waals surface area contributed by atoms with Crippen molar-refractivity contribution in [1.82, 2.24) is 0 Å². The van der Waals surface area contributed by atoms with Gasteiger partial charge in [-0.2, -0.15) is 0 Å². The first-order chi connectivity index (χ1) is 15.7. The molecule has 1 atom stereocenters. The van der Waals surface area contributed by atoms with Crippen molar-refractivity contribution in [3.8, 4) is 11.1 Å². The number of carbonyl (C=O) groups is 1. The van der Waals surface area contributed by atoms with Crippen LogP contribution in [0.15, 0.2) is 66.7 Å². The van der Waals surface area contributed by atoms with E-state index in [-0.39, 0.29) is 17.1 Å². The zero-order valence-electron chi connectivity index (χ0n) is 19.4. The average molecular weight is 445 g/mol. The maximum absolute atomic E-state index is 12.8. The summed E-state index contributed by atoms with van der Waals surface area (Å²) in [4.78, 5) is 25.3. The van der Waals surface area contributed by atoms with Gasteiger partial charge in [-0.05, 0) is 58.9 Å². The molecule has 1 aliphatic heterocycles. The summed E-state index contributed by atoms with van der Waals surface area (Å²) in [5.74, 6) is -0.303. The fourth-order valence-corrected chi connectivity index (χ4v) is 4.27. The minimum absolute atomic E-state index is 0.0138. The Morgan fingerprint density at radius 2 is 1.67 bits per heavy atom. The molecule has 0 radical (unpaired) electrons. The maximum Gasteiger partial charge on any atom is 0.329 e. The first-order valence-corrected chi connectivity index (χ1v) is 11.1. The van der Waals surface area contributed by atoms with Crippen LogP contribution in [0.1, 0.15) is 38.8 Å². The normalized spacial score (nSPS) is 15.3. The highest BCUT2D eigenvalue weighted by atomic mass is 16.6. The molecule has 0 fully saturated rings. The van der Waals surface area contributed by atoms with Crippen LogP contribution in [0, 0.1) is 10.1 Å². The number of ether oxygens (including phenoxy) is 1. The summed E-state index contributed by atoms with van der Waals surface area (Å²) in [6, 6.07) is 20.5. The maximum atomic E-state index is 12.8. The Morgan fingerprint density at radius 3 is 2.24 bits per heavy atom. The second kappa shape index (κ2) is 8.70. The van der Waals surface area contributed by atoms with Crippen molar-refractivity contribution in [3.63, 3.8) is 0 Å². The second-order valence-corrected chi connectivity index (χ2v) is 9.29. The molecule has 0 amide bonds. The van der Waals surface area contributed by atoms with E-state index in [0.29, 0.717) is 13.0 Å². The molecule has 0 N–H and O–H groups in total. The van der Waals surface area contributed by atoms with E-state index in [1.807, 2.05) is 11.0 Å². The Bertz CT molecular complexity index is 1180. The highest BCUT2D eigenvalue weighted by Gasteiger charge is 2.37. The largest absolute Gasteiger partial charge is 0.464 e. The first kappa shape index (κ1) is 22.5. The standard InChI is InChI=1S/C27H28N2O4/c1-5-33-26(30)25-17-20-16-19(18-6-9-21(10-7-18)27(2,3)4)8-15-24(20)28(25)22-11-13-23(14-12-22)29(31)32/h6-16,25H,5,17H2,1-4H3. The number of carbonyl (C=O) groups excluding carboxylic acids is 1. The van der Waals surface area contributed by atoms with E-state index >= 15 is 0 Å². The monoisotopic (exact) mass is 444 g/mol. The van der Waals surface area contributed by atoms with Crippen molar-refractivity contribution in [3.05, 3.63) is 88.0 Å². The lowest BCUT2D eigenvalue weighted by atomic mass is 9.86. The van der Waals surface area contributed by atoms with Gasteiger partial charge in [0.25, 0.3) is 5.69 Å². The Morgan fingerprint density at radius 1 is 1.03 bits per heavy atom. The number of benzene rings is 3. The van der Waals surface area contributed by atoms with E-state index in [1.165, 1.54) is 17.7 Å². The van der Waals surface area contributed by atoms with Crippen molar-refractivity contribution < 1.29 is 14.5 Å². The molecule has 33 heavy (non-hydrogen) atoms. The van der Waals surface area contributed by atoms with E-state index in [0.717, 1.165) is 28.1 Å². The van der Waals surface area contributed by atoms with E-state index in [1.54, 1.807) is 19.1 Å². The molecule has 170 valence electrons. The lowest BCUT2D eigenvalue weighted by Crippen LogP contribution is -2.36. The number of non-ortho nitro benzene ring substituents is 1. The summed E-state index contributed by atoms with van der Waals surface area (Å²) in [6.07, 6.45) is 0.513. The van der Waals surface area contributed by atoms with Crippen LogP contribution in [0.2, 0.25) is 0 Å². The zero-order valence-corrected chi connectivity index (χ0v) is 19.4. The molecule has 0 bridgehead atoms. The summed E-state index contributed by atoms with van der Waals surface area (Å²) in [6.45, 7) is 8.67. The third-order valence-electron chi connectivity index (χ3n) is 6.05. The van der Waals surface area contributed by atoms with Gasteiger partial charge in [0.2, 0.25) is 0 Å². The predicted octanol–water partition coefficient (Wildman–Crippen LogP) is 6.19. The highest BCUT2D eigenvalue weighted by Crippen LogP contribution is 2.41. The van der Waals surface area contributed by atoms with E-state index < -0.39 is 11.0 Å². The number of hydrogen-bond donors (Lipinski definition) is 0. The molecule has 4 rings (SSSR count). The van der Waals surface area contributed by atoms with Crippen LogP contribution in [-0.4, -0.2) is 23.5 Å². The number of rotatable bonds is 5.